The second-order valence-corrected chi connectivity index (χ2v) is 7.26. The zero-order valence-corrected chi connectivity index (χ0v) is 16.1. The van der Waals surface area contributed by atoms with Gasteiger partial charge in [0.05, 0.1) is 5.69 Å². The topological polar surface area (TPSA) is 56.1 Å². The minimum atomic E-state index is 0.0182. The zero-order chi connectivity index (χ0) is 19.3. The van der Waals surface area contributed by atoms with Crippen LogP contribution in [-0.4, -0.2) is 47.0 Å². The van der Waals surface area contributed by atoms with E-state index in [1.165, 1.54) is 0 Å². The van der Waals surface area contributed by atoms with Crippen molar-refractivity contribution in [2.75, 3.05) is 26.8 Å². The van der Waals surface area contributed by atoms with Crippen molar-refractivity contribution in [3.63, 3.8) is 0 Å². The van der Waals surface area contributed by atoms with Gasteiger partial charge in [-0.2, -0.15) is 0 Å². The maximum Gasteiger partial charge on any atom is 0.253 e. The molecule has 0 radical (unpaired) electrons. The highest BCUT2D eigenvalue weighted by molar-refractivity contribution is 5.94. The third-order valence-corrected chi connectivity index (χ3v) is 5.10. The molecule has 0 aliphatic carbocycles. The van der Waals surface area contributed by atoms with Gasteiger partial charge in [0.15, 0.2) is 0 Å². The Morgan fingerprint density at radius 3 is 2.93 bits per heavy atom. The fourth-order valence-corrected chi connectivity index (χ4v) is 3.55. The van der Waals surface area contributed by atoms with Gasteiger partial charge in [0.25, 0.3) is 5.91 Å². The molecule has 28 heavy (non-hydrogen) atoms. The van der Waals surface area contributed by atoms with Gasteiger partial charge in [0.1, 0.15) is 18.0 Å². The van der Waals surface area contributed by atoms with Gasteiger partial charge >= 0.3 is 0 Å². The van der Waals surface area contributed by atoms with Gasteiger partial charge in [-0.1, -0.05) is 12.1 Å². The maximum absolute atomic E-state index is 12.8. The number of fused-ring (bicyclic) bond motifs is 1. The molecule has 1 aliphatic heterocycles. The summed E-state index contributed by atoms with van der Waals surface area (Å²) in [5, 5.41) is 0. The molecule has 6 nitrogen and oxygen atoms in total. The molecule has 3 aromatic rings. The van der Waals surface area contributed by atoms with Gasteiger partial charge in [0, 0.05) is 44.8 Å². The van der Waals surface area contributed by atoms with Gasteiger partial charge in [-0.05, 0) is 49.1 Å². The molecule has 0 spiro atoms. The summed E-state index contributed by atoms with van der Waals surface area (Å²) < 4.78 is 13.2. The Balaban J connectivity index is 1.38. The lowest BCUT2D eigenvalue weighted by molar-refractivity contribution is 0.0497. The first-order chi connectivity index (χ1) is 13.7. The lowest BCUT2D eigenvalue weighted by Gasteiger charge is -2.27. The number of rotatable bonds is 6. The molecule has 0 unspecified atom stereocenters. The molecule has 0 bridgehead atoms. The number of hydrogen-bond acceptors (Lipinski definition) is 4. The molecular weight excluding hydrogens is 354 g/mol. The molecule has 1 aromatic carbocycles. The molecule has 0 atom stereocenters. The first-order valence-electron chi connectivity index (χ1n) is 9.68. The fourth-order valence-electron chi connectivity index (χ4n) is 3.55. The van der Waals surface area contributed by atoms with Gasteiger partial charge in [-0.3, -0.25) is 4.79 Å². The van der Waals surface area contributed by atoms with Crippen LogP contribution in [0, 0.1) is 5.92 Å². The van der Waals surface area contributed by atoms with Crippen molar-refractivity contribution in [1.29, 1.82) is 0 Å². The van der Waals surface area contributed by atoms with Crippen LogP contribution in [0.3, 0.4) is 0 Å². The number of pyridine rings is 1. The number of hydrogen-bond donors (Lipinski definition) is 0. The van der Waals surface area contributed by atoms with Crippen LogP contribution in [0.1, 0.15) is 28.9 Å². The van der Waals surface area contributed by atoms with Gasteiger partial charge in [-0.25, -0.2) is 4.98 Å². The van der Waals surface area contributed by atoms with E-state index in [1.807, 2.05) is 60.2 Å². The van der Waals surface area contributed by atoms with Crippen LogP contribution in [0.4, 0.5) is 0 Å². The number of ether oxygens (including phenoxy) is 2. The Hall–Kier alpha value is -2.86. The van der Waals surface area contributed by atoms with Crippen LogP contribution in [0.15, 0.2) is 54.9 Å². The highest BCUT2D eigenvalue weighted by Gasteiger charge is 2.19. The Morgan fingerprint density at radius 2 is 2.11 bits per heavy atom. The van der Waals surface area contributed by atoms with E-state index in [4.69, 9.17) is 9.47 Å². The van der Waals surface area contributed by atoms with Crippen molar-refractivity contribution in [3.8, 4) is 5.75 Å². The molecule has 146 valence electrons. The molecule has 0 saturated carbocycles. The molecule has 1 aliphatic rings. The number of aromatic nitrogens is 2. The van der Waals surface area contributed by atoms with E-state index in [1.54, 1.807) is 11.0 Å². The second-order valence-electron chi connectivity index (χ2n) is 7.26. The lowest BCUT2D eigenvalue weighted by Crippen LogP contribution is -2.34. The predicted octanol–water partition coefficient (Wildman–Crippen LogP) is 3.41. The third kappa shape index (κ3) is 4.34. The molecule has 1 fully saturated rings. The summed E-state index contributed by atoms with van der Waals surface area (Å²) in [6.07, 6.45) is 5.94. The molecule has 1 saturated heterocycles. The van der Waals surface area contributed by atoms with E-state index in [-0.39, 0.29) is 5.91 Å². The van der Waals surface area contributed by atoms with Crippen LogP contribution >= 0.6 is 0 Å². The van der Waals surface area contributed by atoms with Crippen LogP contribution in [0.5, 0.6) is 5.75 Å². The van der Waals surface area contributed by atoms with E-state index in [0.29, 0.717) is 23.8 Å². The average molecular weight is 379 g/mol. The Bertz CT molecular complexity index is 914. The quantitative estimate of drug-likeness (QED) is 0.659. The minimum Gasteiger partial charge on any atom is -0.487 e. The van der Waals surface area contributed by atoms with Gasteiger partial charge in [0.2, 0.25) is 0 Å². The van der Waals surface area contributed by atoms with E-state index < -0.39 is 0 Å². The molecule has 1 amide bonds. The van der Waals surface area contributed by atoms with E-state index in [9.17, 15) is 4.79 Å². The summed E-state index contributed by atoms with van der Waals surface area (Å²) in [5.74, 6) is 1.20. The highest BCUT2D eigenvalue weighted by Crippen LogP contribution is 2.19. The normalized spacial score (nSPS) is 14.9. The SMILES string of the molecule is CN(CC1CCOCC1)C(=O)c1cccc(OCc2cn3ccccc3n2)c1. The van der Waals surface area contributed by atoms with E-state index >= 15 is 0 Å². The van der Waals surface area contributed by atoms with Crippen LogP contribution < -0.4 is 4.74 Å². The zero-order valence-electron chi connectivity index (χ0n) is 16.1. The molecule has 4 rings (SSSR count). The van der Waals surface area contributed by atoms with E-state index in [2.05, 4.69) is 4.98 Å². The minimum absolute atomic E-state index is 0.0182. The summed E-state index contributed by atoms with van der Waals surface area (Å²) in [7, 11) is 1.86. The van der Waals surface area contributed by atoms with Crippen LogP contribution in [0.2, 0.25) is 0 Å². The molecule has 2 aromatic heterocycles. The molecule has 3 heterocycles. The monoisotopic (exact) mass is 379 g/mol. The van der Waals surface area contributed by atoms with E-state index in [0.717, 1.165) is 43.9 Å². The molecule has 0 N–H and O–H groups in total. The maximum atomic E-state index is 12.8. The van der Waals surface area contributed by atoms with Crippen LogP contribution in [0.25, 0.3) is 5.65 Å². The lowest BCUT2D eigenvalue weighted by atomic mass is 9.99. The standard InChI is InChI=1S/C22H25N3O3/c1-24(14-17-8-11-27-12-9-17)22(26)18-5-4-6-20(13-18)28-16-19-15-25-10-3-2-7-21(25)23-19/h2-7,10,13,15,17H,8-9,11-12,14,16H2,1H3. The number of carbonyl (C=O) groups is 1. The Morgan fingerprint density at radius 1 is 1.25 bits per heavy atom. The van der Waals surface area contributed by atoms with Crippen molar-refractivity contribution in [2.24, 2.45) is 5.92 Å². The van der Waals surface area contributed by atoms with Crippen molar-refractivity contribution in [2.45, 2.75) is 19.4 Å². The number of imidazole rings is 1. The second kappa shape index (κ2) is 8.44. The first-order valence-corrected chi connectivity index (χ1v) is 9.68. The average Bonchev–Trinajstić information content (AvgIpc) is 3.16. The molecule has 6 heteroatoms. The summed E-state index contributed by atoms with van der Waals surface area (Å²) in [5.41, 5.74) is 2.38. The van der Waals surface area contributed by atoms with Gasteiger partial charge < -0.3 is 18.8 Å². The summed E-state index contributed by atoms with van der Waals surface area (Å²) >= 11 is 0. The molecular formula is C22H25N3O3. The number of amides is 1. The Kier molecular flexibility index (Phi) is 5.58. The summed E-state index contributed by atoms with van der Waals surface area (Å²) in [6.45, 7) is 2.70. The third-order valence-electron chi connectivity index (χ3n) is 5.10. The predicted molar refractivity (Wildman–Crippen MR) is 106 cm³/mol. The van der Waals surface area contributed by atoms with Crippen LogP contribution in [-0.2, 0) is 11.3 Å². The summed E-state index contributed by atoms with van der Waals surface area (Å²) in [6, 6.07) is 13.2. The van der Waals surface area contributed by atoms with Crippen molar-refractivity contribution in [1.82, 2.24) is 14.3 Å². The van der Waals surface area contributed by atoms with Crippen molar-refractivity contribution >= 4 is 11.6 Å². The Labute approximate surface area is 164 Å². The largest absolute Gasteiger partial charge is 0.487 e. The number of benzene rings is 1. The van der Waals surface area contributed by atoms with Crippen molar-refractivity contribution < 1.29 is 14.3 Å². The van der Waals surface area contributed by atoms with Crippen molar-refractivity contribution in [3.05, 3.63) is 66.1 Å². The number of carbonyl (C=O) groups excluding carboxylic acids is 1. The van der Waals surface area contributed by atoms with Gasteiger partial charge in [-0.15, -0.1) is 0 Å². The summed E-state index contributed by atoms with van der Waals surface area (Å²) in [4.78, 5) is 19.1. The smallest absolute Gasteiger partial charge is 0.253 e. The first kappa shape index (κ1) is 18.5. The highest BCUT2D eigenvalue weighted by atomic mass is 16.5. The fraction of sp³-hybridized carbons (Fsp3) is 0.364. The number of nitrogens with zero attached hydrogens (tertiary/aromatic N) is 3.